The molecule has 0 spiro atoms. The maximum Gasteiger partial charge on any atom is 0.259 e. The van der Waals surface area contributed by atoms with E-state index in [-0.39, 0.29) is 39.9 Å². The van der Waals surface area contributed by atoms with Gasteiger partial charge in [-0.25, -0.2) is 22.3 Å². The van der Waals surface area contributed by atoms with Crippen molar-refractivity contribution in [2.75, 3.05) is 26.7 Å². The number of amides is 1. The standard InChI is InChI=1S/C25H26N4O7S2/c1-36-23-14-8-9-19(24(23)30)17-26-27-25(31)22-18-28(37(32,33)20-10-4-2-5-11-20)15-16-29(22)38(34,35)21-12-6-3-7-13-21/h2-14,17,22,30H,15-16,18H2,1H3,(H,27,31)/b26-17-/t22-/m0/s1. The van der Waals surface area contributed by atoms with Gasteiger partial charge in [0.15, 0.2) is 11.5 Å². The van der Waals surface area contributed by atoms with Gasteiger partial charge in [-0.15, -0.1) is 0 Å². The van der Waals surface area contributed by atoms with E-state index in [9.17, 15) is 26.7 Å². The van der Waals surface area contributed by atoms with Gasteiger partial charge in [-0.05, 0) is 36.4 Å². The molecular formula is C25H26N4O7S2. The molecule has 13 heteroatoms. The summed E-state index contributed by atoms with van der Waals surface area (Å²) in [5, 5.41) is 14.1. The molecule has 200 valence electrons. The summed E-state index contributed by atoms with van der Waals surface area (Å²) in [7, 11) is -6.75. The Bertz CT molecular complexity index is 1530. The van der Waals surface area contributed by atoms with Crippen LogP contribution in [0, 0.1) is 0 Å². The van der Waals surface area contributed by atoms with Crippen molar-refractivity contribution in [3.63, 3.8) is 0 Å². The number of hydrogen-bond donors (Lipinski definition) is 2. The van der Waals surface area contributed by atoms with Gasteiger partial charge in [0, 0.05) is 25.2 Å². The molecule has 0 aliphatic carbocycles. The van der Waals surface area contributed by atoms with Gasteiger partial charge in [-0.1, -0.05) is 42.5 Å². The van der Waals surface area contributed by atoms with Crippen LogP contribution in [0.25, 0.3) is 0 Å². The molecule has 0 radical (unpaired) electrons. The third-order valence-corrected chi connectivity index (χ3v) is 9.76. The molecule has 4 rings (SSSR count). The number of ether oxygens (including phenoxy) is 1. The first-order chi connectivity index (χ1) is 18.2. The van der Waals surface area contributed by atoms with E-state index in [2.05, 4.69) is 10.5 Å². The molecule has 1 saturated heterocycles. The number of phenols is 1. The molecule has 1 heterocycles. The van der Waals surface area contributed by atoms with Crippen LogP contribution in [0.1, 0.15) is 5.56 Å². The molecule has 38 heavy (non-hydrogen) atoms. The second-order valence-electron chi connectivity index (χ2n) is 8.25. The minimum absolute atomic E-state index is 0.0260. The van der Waals surface area contributed by atoms with Crippen LogP contribution < -0.4 is 10.2 Å². The quantitative estimate of drug-likeness (QED) is 0.316. The molecule has 0 aromatic heterocycles. The van der Waals surface area contributed by atoms with Gasteiger partial charge in [0.2, 0.25) is 20.0 Å². The average molecular weight is 559 g/mol. The van der Waals surface area contributed by atoms with Gasteiger partial charge in [0.25, 0.3) is 5.91 Å². The molecule has 0 unspecified atom stereocenters. The molecule has 3 aromatic carbocycles. The Balaban J connectivity index is 1.63. The van der Waals surface area contributed by atoms with Crippen molar-refractivity contribution < 1.29 is 31.5 Å². The summed E-state index contributed by atoms with van der Waals surface area (Å²) in [5.74, 6) is -0.829. The fourth-order valence-electron chi connectivity index (χ4n) is 3.98. The van der Waals surface area contributed by atoms with Gasteiger partial charge < -0.3 is 9.84 Å². The fraction of sp³-hybridized carbons (Fsp3) is 0.200. The van der Waals surface area contributed by atoms with E-state index in [0.717, 1.165) is 8.61 Å². The number of piperazine rings is 1. The molecule has 1 aliphatic rings. The lowest BCUT2D eigenvalue weighted by Gasteiger charge is -2.38. The molecule has 0 bridgehead atoms. The molecule has 0 saturated carbocycles. The Morgan fingerprint density at radius 1 is 0.921 bits per heavy atom. The first-order valence-electron chi connectivity index (χ1n) is 11.5. The van der Waals surface area contributed by atoms with Gasteiger partial charge in [-0.2, -0.15) is 13.7 Å². The molecule has 1 aliphatic heterocycles. The minimum atomic E-state index is -4.14. The zero-order chi connectivity index (χ0) is 27.3. The third kappa shape index (κ3) is 5.55. The largest absolute Gasteiger partial charge is 0.504 e. The van der Waals surface area contributed by atoms with Crippen molar-refractivity contribution in [1.82, 2.24) is 14.0 Å². The number of sulfonamides is 2. The van der Waals surface area contributed by atoms with Crippen molar-refractivity contribution >= 4 is 32.2 Å². The SMILES string of the molecule is COc1cccc(/C=N\NC(=O)[C@@H]2CN(S(=O)(=O)c3ccccc3)CCN2S(=O)(=O)c2ccccc2)c1O. The first-order valence-corrected chi connectivity index (χ1v) is 14.3. The predicted octanol–water partition coefficient (Wildman–Crippen LogP) is 1.61. The second kappa shape index (κ2) is 11.3. The number of nitrogens with one attached hydrogen (secondary N) is 1. The summed E-state index contributed by atoms with van der Waals surface area (Å²) in [5.41, 5.74) is 2.53. The third-order valence-electron chi connectivity index (χ3n) is 5.96. The lowest BCUT2D eigenvalue weighted by atomic mass is 10.2. The maximum atomic E-state index is 13.4. The van der Waals surface area contributed by atoms with Crippen LogP contribution in [0.2, 0.25) is 0 Å². The topological polar surface area (TPSA) is 146 Å². The van der Waals surface area contributed by atoms with Gasteiger partial charge >= 0.3 is 0 Å². The Morgan fingerprint density at radius 3 is 2.13 bits per heavy atom. The minimum Gasteiger partial charge on any atom is -0.504 e. The number of hydrogen-bond acceptors (Lipinski definition) is 8. The molecule has 1 amide bonds. The highest BCUT2D eigenvalue weighted by Crippen LogP contribution is 2.28. The average Bonchev–Trinajstić information content (AvgIpc) is 2.94. The highest BCUT2D eigenvalue weighted by molar-refractivity contribution is 7.89. The number of benzene rings is 3. The Hall–Kier alpha value is -3.78. The Morgan fingerprint density at radius 2 is 1.53 bits per heavy atom. The molecule has 2 N–H and O–H groups in total. The number of para-hydroxylation sites is 1. The van der Waals surface area contributed by atoms with Crippen molar-refractivity contribution in [3.05, 3.63) is 84.4 Å². The lowest BCUT2D eigenvalue weighted by molar-refractivity contribution is -0.125. The number of nitrogens with zero attached hydrogens (tertiary/aromatic N) is 3. The highest BCUT2D eigenvalue weighted by atomic mass is 32.2. The number of hydrazone groups is 1. The first kappa shape index (κ1) is 27.3. The van der Waals surface area contributed by atoms with E-state index in [0.29, 0.717) is 0 Å². The number of aromatic hydroxyl groups is 1. The lowest BCUT2D eigenvalue weighted by Crippen LogP contribution is -2.60. The maximum absolute atomic E-state index is 13.4. The number of rotatable bonds is 8. The summed E-state index contributed by atoms with van der Waals surface area (Å²) >= 11 is 0. The zero-order valence-electron chi connectivity index (χ0n) is 20.3. The molecule has 3 aromatic rings. The second-order valence-corrected chi connectivity index (χ2v) is 12.1. The van der Waals surface area contributed by atoms with E-state index in [1.807, 2.05) is 0 Å². The summed E-state index contributed by atoms with van der Waals surface area (Å²) < 4.78 is 60.4. The number of phenolic OH excluding ortho intramolecular Hbond substituents is 1. The van der Waals surface area contributed by atoms with E-state index < -0.39 is 38.5 Å². The van der Waals surface area contributed by atoms with Crippen molar-refractivity contribution in [3.8, 4) is 11.5 Å². The molecular weight excluding hydrogens is 532 g/mol. The zero-order valence-corrected chi connectivity index (χ0v) is 22.0. The summed E-state index contributed by atoms with van der Waals surface area (Å²) in [4.78, 5) is 13.3. The monoisotopic (exact) mass is 558 g/mol. The fourth-order valence-corrected chi connectivity index (χ4v) is 7.03. The van der Waals surface area contributed by atoms with E-state index >= 15 is 0 Å². The van der Waals surface area contributed by atoms with Crippen LogP contribution in [0.5, 0.6) is 11.5 Å². The number of methoxy groups -OCH3 is 1. The van der Waals surface area contributed by atoms with Crippen LogP contribution in [-0.2, 0) is 24.8 Å². The van der Waals surface area contributed by atoms with Crippen LogP contribution in [0.15, 0.2) is 93.8 Å². The van der Waals surface area contributed by atoms with E-state index in [1.54, 1.807) is 48.5 Å². The van der Waals surface area contributed by atoms with Gasteiger partial charge in [0.1, 0.15) is 6.04 Å². The number of carbonyl (C=O) groups excluding carboxylic acids is 1. The Labute approximate surface area is 221 Å². The predicted molar refractivity (Wildman–Crippen MR) is 140 cm³/mol. The van der Waals surface area contributed by atoms with Crippen molar-refractivity contribution in [1.29, 1.82) is 0 Å². The van der Waals surface area contributed by atoms with Gasteiger partial charge in [-0.3, -0.25) is 4.79 Å². The van der Waals surface area contributed by atoms with Crippen LogP contribution >= 0.6 is 0 Å². The normalized spacial score (nSPS) is 17.3. The van der Waals surface area contributed by atoms with Crippen molar-refractivity contribution in [2.24, 2.45) is 5.10 Å². The van der Waals surface area contributed by atoms with Crippen LogP contribution in [-0.4, -0.2) is 75.5 Å². The Kier molecular flexibility index (Phi) is 8.11. The van der Waals surface area contributed by atoms with E-state index in [4.69, 9.17) is 4.74 Å². The summed E-state index contributed by atoms with van der Waals surface area (Å²) in [6.45, 7) is -0.815. The highest BCUT2D eigenvalue weighted by Gasteiger charge is 2.43. The van der Waals surface area contributed by atoms with E-state index in [1.165, 1.54) is 43.7 Å². The van der Waals surface area contributed by atoms with Gasteiger partial charge in [0.05, 0.1) is 23.1 Å². The number of carbonyl (C=O) groups is 1. The summed E-state index contributed by atoms with van der Waals surface area (Å²) in [6.07, 6.45) is 1.17. The summed E-state index contributed by atoms with van der Waals surface area (Å²) in [6, 6.07) is 18.6. The van der Waals surface area contributed by atoms with Crippen LogP contribution in [0.3, 0.4) is 0 Å². The smallest absolute Gasteiger partial charge is 0.259 e. The molecule has 1 atom stereocenters. The van der Waals surface area contributed by atoms with Crippen molar-refractivity contribution in [2.45, 2.75) is 15.8 Å². The molecule has 11 nitrogen and oxygen atoms in total. The van der Waals surface area contributed by atoms with Crippen LogP contribution in [0.4, 0.5) is 0 Å². The molecule has 1 fully saturated rings.